The molecule has 2 aromatic rings. The van der Waals surface area contributed by atoms with Crippen LogP contribution in [-0.2, 0) is 9.59 Å². The molecule has 132 valence electrons. The summed E-state index contributed by atoms with van der Waals surface area (Å²) in [6.07, 6.45) is 0. The Morgan fingerprint density at radius 1 is 1.04 bits per heavy atom. The molecule has 0 heterocycles. The van der Waals surface area contributed by atoms with E-state index < -0.39 is 6.04 Å². The van der Waals surface area contributed by atoms with Crippen molar-refractivity contribution >= 4 is 28.9 Å². The molecule has 6 heteroatoms. The van der Waals surface area contributed by atoms with E-state index in [0.717, 1.165) is 16.9 Å². The molecule has 0 fully saturated rings. The number of para-hydroxylation sites is 1. The number of hydrogen-bond donors (Lipinski definition) is 3. The van der Waals surface area contributed by atoms with Crippen LogP contribution in [0.2, 0.25) is 0 Å². The van der Waals surface area contributed by atoms with Crippen LogP contribution >= 0.6 is 0 Å². The van der Waals surface area contributed by atoms with E-state index in [0.29, 0.717) is 11.4 Å². The van der Waals surface area contributed by atoms with Gasteiger partial charge in [-0.15, -0.1) is 0 Å². The Morgan fingerprint density at radius 3 is 2.40 bits per heavy atom. The molecule has 0 aromatic heterocycles. The summed E-state index contributed by atoms with van der Waals surface area (Å²) in [6.45, 7) is 5.16. The van der Waals surface area contributed by atoms with E-state index >= 15 is 0 Å². The summed E-state index contributed by atoms with van der Waals surface area (Å²) in [5.74, 6) is 0.205. The molecule has 0 aliphatic rings. The molecular weight excluding hydrogens is 318 g/mol. The summed E-state index contributed by atoms with van der Waals surface area (Å²) in [6, 6.07) is 12.4. The van der Waals surface area contributed by atoms with Gasteiger partial charge in [-0.3, -0.25) is 9.59 Å². The van der Waals surface area contributed by atoms with E-state index in [9.17, 15) is 9.59 Å². The maximum absolute atomic E-state index is 12.4. The minimum absolute atomic E-state index is 0.140. The summed E-state index contributed by atoms with van der Waals surface area (Å²) in [4.78, 5) is 23.6. The fraction of sp³-hybridized carbons (Fsp3) is 0.263. The molecule has 1 atom stereocenters. The van der Waals surface area contributed by atoms with Gasteiger partial charge in [0.05, 0.1) is 12.8 Å². The zero-order valence-corrected chi connectivity index (χ0v) is 14.8. The van der Waals surface area contributed by atoms with Crippen molar-refractivity contribution in [3.05, 3.63) is 48.0 Å². The van der Waals surface area contributed by atoms with Gasteiger partial charge in [-0.2, -0.15) is 0 Å². The first kappa shape index (κ1) is 18.3. The van der Waals surface area contributed by atoms with Gasteiger partial charge in [-0.05, 0) is 37.6 Å². The maximum Gasteiger partial charge on any atom is 0.246 e. The molecule has 2 amide bonds. The minimum Gasteiger partial charge on any atom is -0.494 e. The summed E-state index contributed by atoms with van der Waals surface area (Å²) in [5, 5.41) is 8.73. The van der Waals surface area contributed by atoms with Gasteiger partial charge in [0, 0.05) is 24.4 Å². The van der Waals surface area contributed by atoms with E-state index in [2.05, 4.69) is 16.0 Å². The molecule has 0 radical (unpaired) electrons. The molecular formula is C19H23N3O3. The van der Waals surface area contributed by atoms with Gasteiger partial charge in [0.25, 0.3) is 0 Å². The van der Waals surface area contributed by atoms with Crippen LogP contribution < -0.4 is 20.7 Å². The van der Waals surface area contributed by atoms with Crippen molar-refractivity contribution in [3.63, 3.8) is 0 Å². The molecule has 1 unspecified atom stereocenters. The first-order valence-corrected chi connectivity index (χ1v) is 7.99. The Balaban J connectivity index is 2.06. The third-order valence-corrected chi connectivity index (χ3v) is 3.69. The summed E-state index contributed by atoms with van der Waals surface area (Å²) in [5.41, 5.74) is 3.10. The van der Waals surface area contributed by atoms with Gasteiger partial charge < -0.3 is 20.7 Å². The molecule has 0 aliphatic heterocycles. The number of rotatable bonds is 6. The molecule has 6 nitrogen and oxygen atoms in total. The van der Waals surface area contributed by atoms with Gasteiger partial charge in [0.2, 0.25) is 11.8 Å². The second-order valence-electron chi connectivity index (χ2n) is 5.77. The van der Waals surface area contributed by atoms with E-state index in [1.807, 2.05) is 31.2 Å². The SMILES string of the molecule is COc1cc(NC(C)C(=O)Nc2ccccc2C)ccc1NC(C)=O. The Hall–Kier alpha value is -3.02. The Kier molecular flexibility index (Phi) is 6.00. The Morgan fingerprint density at radius 2 is 1.76 bits per heavy atom. The number of carbonyl (C=O) groups excluding carboxylic acids is 2. The Labute approximate surface area is 147 Å². The largest absolute Gasteiger partial charge is 0.494 e. The van der Waals surface area contributed by atoms with Crippen molar-refractivity contribution in [2.75, 3.05) is 23.1 Å². The first-order valence-electron chi connectivity index (χ1n) is 7.99. The lowest BCUT2D eigenvalue weighted by molar-refractivity contribution is -0.116. The first-order chi connectivity index (χ1) is 11.9. The lowest BCUT2D eigenvalue weighted by Gasteiger charge is -2.17. The van der Waals surface area contributed by atoms with Crippen molar-refractivity contribution in [2.24, 2.45) is 0 Å². The van der Waals surface area contributed by atoms with Gasteiger partial charge >= 0.3 is 0 Å². The second-order valence-corrected chi connectivity index (χ2v) is 5.77. The highest BCUT2D eigenvalue weighted by Gasteiger charge is 2.15. The fourth-order valence-electron chi connectivity index (χ4n) is 2.34. The van der Waals surface area contributed by atoms with Gasteiger partial charge in [0.1, 0.15) is 11.8 Å². The normalized spacial score (nSPS) is 11.4. The number of methoxy groups -OCH3 is 1. The summed E-state index contributed by atoms with van der Waals surface area (Å²) in [7, 11) is 1.53. The highest BCUT2D eigenvalue weighted by molar-refractivity contribution is 5.97. The van der Waals surface area contributed by atoms with Crippen LogP contribution in [0.1, 0.15) is 19.4 Å². The average molecular weight is 341 g/mol. The molecule has 25 heavy (non-hydrogen) atoms. The van der Waals surface area contributed by atoms with E-state index in [1.54, 1.807) is 25.1 Å². The number of aryl methyl sites for hydroxylation is 1. The number of amides is 2. The van der Waals surface area contributed by atoms with Crippen LogP contribution in [0.4, 0.5) is 17.1 Å². The van der Waals surface area contributed by atoms with Crippen molar-refractivity contribution in [3.8, 4) is 5.75 Å². The molecule has 0 saturated carbocycles. The standard InChI is InChI=1S/C19H23N3O3/c1-12-7-5-6-8-16(12)22-19(24)13(2)20-15-9-10-17(21-14(3)23)18(11-15)25-4/h5-11,13,20H,1-4H3,(H,21,23)(H,22,24). The molecule has 2 rings (SSSR count). The van der Waals surface area contributed by atoms with Crippen LogP contribution in [0, 0.1) is 6.92 Å². The second kappa shape index (κ2) is 8.19. The van der Waals surface area contributed by atoms with Crippen molar-refractivity contribution in [1.29, 1.82) is 0 Å². The van der Waals surface area contributed by atoms with Crippen LogP contribution in [0.3, 0.4) is 0 Å². The lowest BCUT2D eigenvalue weighted by atomic mass is 10.2. The van der Waals surface area contributed by atoms with E-state index in [1.165, 1.54) is 14.0 Å². The molecule has 0 bridgehead atoms. The molecule has 2 aromatic carbocycles. The van der Waals surface area contributed by atoms with Crippen LogP contribution in [-0.4, -0.2) is 25.0 Å². The predicted molar refractivity (Wildman–Crippen MR) is 100 cm³/mol. The molecule has 0 spiro atoms. The highest BCUT2D eigenvalue weighted by atomic mass is 16.5. The van der Waals surface area contributed by atoms with Crippen LogP contribution in [0.5, 0.6) is 5.75 Å². The van der Waals surface area contributed by atoms with Crippen molar-refractivity contribution in [1.82, 2.24) is 0 Å². The molecule has 3 N–H and O–H groups in total. The van der Waals surface area contributed by atoms with Gasteiger partial charge in [-0.1, -0.05) is 18.2 Å². The quantitative estimate of drug-likeness (QED) is 0.752. The number of carbonyl (C=O) groups is 2. The fourth-order valence-corrected chi connectivity index (χ4v) is 2.34. The monoisotopic (exact) mass is 341 g/mol. The Bertz CT molecular complexity index is 774. The van der Waals surface area contributed by atoms with Gasteiger partial charge in [-0.25, -0.2) is 0 Å². The minimum atomic E-state index is -0.448. The molecule has 0 saturated heterocycles. The van der Waals surface area contributed by atoms with Crippen molar-refractivity contribution in [2.45, 2.75) is 26.8 Å². The van der Waals surface area contributed by atoms with Gasteiger partial charge in [0.15, 0.2) is 0 Å². The third-order valence-electron chi connectivity index (χ3n) is 3.69. The van der Waals surface area contributed by atoms with Crippen LogP contribution in [0.25, 0.3) is 0 Å². The van der Waals surface area contributed by atoms with E-state index in [-0.39, 0.29) is 11.8 Å². The maximum atomic E-state index is 12.4. The number of benzene rings is 2. The topological polar surface area (TPSA) is 79.5 Å². The highest BCUT2D eigenvalue weighted by Crippen LogP contribution is 2.28. The zero-order chi connectivity index (χ0) is 18.4. The van der Waals surface area contributed by atoms with Crippen molar-refractivity contribution < 1.29 is 14.3 Å². The summed E-state index contributed by atoms with van der Waals surface area (Å²) >= 11 is 0. The zero-order valence-electron chi connectivity index (χ0n) is 14.8. The molecule has 0 aliphatic carbocycles. The smallest absolute Gasteiger partial charge is 0.246 e. The van der Waals surface area contributed by atoms with E-state index in [4.69, 9.17) is 4.74 Å². The summed E-state index contributed by atoms with van der Waals surface area (Å²) < 4.78 is 5.29. The number of ether oxygens (including phenoxy) is 1. The predicted octanol–water partition coefficient (Wildman–Crippen LogP) is 3.40. The number of hydrogen-bond acceptors (Lipinski definition) is 4. The number of nitrogens with one attached hydrogen (secondary N) is 3. The average Bonchev–Trinajstić information content (AvgIpc) is 2.57. The third kappa shape index (κ3) is 4.97. The number of anilines is 3. The lowest BCUT2D eigenvalue weighted by Crippen LogP contribution is -2.32. The van der Waals surface area contributed by atoms with Crippen LogP contribution in [0.15, 0.2) is 42.5 Å².